The third-order valence-corrected chi connectivity index (χ3v) is 11.7. The van der Waals surface area contributed by atoms with Gasteiger partial charge in [0.15, 0.2) is 0 Å². The number of aliphatic hydroxyl groups is 1. The maximum atomic E-state index is 14.6. The molecule has 344 valence electrons. The molecule has 65 heavy (non-hydrogen) atoms. The summed E-state index contributed by atoms with van der Waals surface area (Å²) in [7, 11) is 0. The van der Waals surface area contributed by atoms with Crippen molar-refractivity contribution in [2.75, 3.05) is 19.8 Å². The maximum Gasteiger partial charge on any atom is 0.348 e. The van der Waals surface area contributed by atoms with Crippen LogP contribution in [0.4, 0.5) is 0 Å². The number of nitrogens with one attached hydrogen (secondary N) is 1. The van der Waals surface area contributed by atoms with Crippen molar-refractivity contribution in [1.29, 1.82) is 0 Å². The number of carbonyl (C=O) groups excluding carboxylic acids is 6. The van der Waals surface area contributed by atoms with E-state index in [1.807, 2.05) is 60.7 Å². The average Bonchev–Trinajstić information content (AvgIpc) is 4.01. The van der Waals surface area contributed by atoms with Crippen molar-refractivity contribution in [3.63, 3.8) is 0 Å². The number of cyclic esters (lactones) is 1. The minimum atomic E-state index is -1.45. The summed E-state index contributed by atoms with van der Waals surface area (Å²) >= 11 is 0. The lowest BCUT2D eigenvalue weighted by molar-refractivity contribution is -0.159. The Bertz CT molecular complexity index is 2280. The normalized spacial score (nSPS) is 23.8. The fourth-order valence-corrected chi connectivity index (χ4v) is 8.47. The Morgan fingerprint density at radius 2 is 1.63 bits per heavy atom. The summed E-state index contributed by atoms with van der Waals surface area (Å²) in [5.41, 5.74) is 0.884. The van der Waals surface area contributed by atoms with Gasteiger partial charge in [0.25, 0.3) is 0 Å². The van der Waals surface area contributed by atoms with E-state index in [1.54, 1.807) is 58.9 Å². The van der Waals surface area contributed by atoms with E-state index in [1.165, 1.54) is 17.0 Å². The molecular weight excluding hydrogens is 837 g/mol. The lowest BCUT2D eigenvalue weighted by Crippen LogP contribution is -2.51. The molecule has 2 amide bonds. The third-order valence-electron chi connectivity index (χ3n) is 11.7. The minimum absolute atomic E-state index is 0.0187. The molecule has 6 unspecified atom stereocenters. The highest BCUT2D eigenvalue weighted by Gasteiger charge is 2.55. The minimum Gasteiger partial charge on any atom is -0.462 e. The van der Waals surface area contributed by atoms with Crippen LogP contribution in [0.1, 0.15) is 93.8 Å². The summed E-state index contributed by atoms with van der Waals surface area (Å²) in [5.74, 6) is -4.90. The first kappa shape index (κ1) is 46.8. The zero-order valence-electron chi connectivity index (χ0n) is 37.2. The first-order valence-corrected chi connectivity index (χ1v) is 21.9. The standard InChI is InChI=1S/C50H56N2O13/c1-48(2,3)64-41(55)24-22-36(29-53)51-44(56)37-20-13-25-52(37)45(57)33-27-38(42-39(28-33)63-50(65-42,34-16-8-6-9-17-34)35-18-10-7-11-19-35)61-46(58)32-15-12-14-31(26-32)21-23-40(54)62-43-47(59)60-30-49(43,4)5/h6-12,14-19,21,23,26,28,36-39,42-43,53H,13,20,22,24-25,27,29-30H2,1-5H3,(H,51,56). The second kappa shape index (κ2) is 19.5. The summed E-state index contributed by atoms with van der Waals surface area (Å²) in [4.78, 5) is 81.2. The molecule has 1 aliphatic carbocycles. The molecular formula is C50H56N2O13. The van der Waals surface area contributed by atoms with Gasteiger partial charge < -0.3 is 43.7 Å². The molecule has 0 spiro atoms. The first-order chi connectivity index (χ1) is 31.0. The van der Waals surface area contributed by atoms with Gasteiger partial charge in [0.05, 0.1) is 18.2 Å². The van der Waals surface area contributed by atoms with E-state index in [9.17, 15) is 33.9 Å². The number of likely N-dealkylation sites (tertiary alicyclic amines) is 1. The highest BCUT2D eigenvalue weighted by molar-refractivity contribution is 5.98. The molecule has 4 aliphatic rings. The summed E-state index contributed by atoms with van der Waals surface area (Å²) in [6.07, 6.45) is 1.41. The molecule has 0 bridgehead atoms. The van der Waals surface area contributed by atoms with Crippen LogP contribution in [0.15, 0.2) is 103 Å². The van der Waals surface area contributed by atoms with E-state index in [4.69, 9.17) is 28.4 Å². The molecule has 3 aromatic rings. The summed E-state index contributed by atoms with van der Waals surface area (Å²) in [5, 5.41) is 12.9. The fraction of sp³-hybridized carbons (Fsp3) is 0.440. The molecule has 3 aliphatic heterocycles. The number of aliphatic hydroxyl groups excluding tert-OH is 1. The Morgan fingerprint density at radius 1 is 0.938 bits per heavy atom. The second-order valence-corrected chi connectivity index (χ2v) is 18.4. The average molecular weight is 893 g/mol. The molecule has 3 fully saturated rings. The molecule has 15 heteroatoms. The fourth-order valence-electron chi connectivity index (χ4n) is 8.47. The molecule has 0 saturated carbocycles. The molecule has 2 N–H and O–H groups in total. The molecule has 3 heterocycles. The van der Waals surface area contributed by atoms with Gasteiger partial charge >= 0.3 is 23.9 Å². The van der Waals surface area contributed by atoms with Gasteiger partial charge in [-0.15, -0.1) is 0 Å². The number of amides is 2. The summed E-state index contributed by atoms with van der Waals surface area (Å²) in [6, 6.07) is 23.5. The van der Waals surface area contributed by atoms with Gasteiger partial charge in [-0.1, -0.05) is 86.6 Å². The largest absolute Gasteiger partial charge is 0.462 e. The zero-order chi connectivity index (χ0) is 46.5. The van der Waals surface area contributed by atoms with Gasteiger partial charge in [-0.05, 0) is 69.9 Å². The van der Waals surface area contributed by atoms with E-state index < -0.39 is 95.6 Å². The van der Waals surface area contributed by atoms with Gasteiger partial charge in [-0.25, -0.2) is 14.4 Å². The predicted octanol–water partition coefficient (Wildman–Crippen LogP) is 5.33. The van der Waals surface area contributed by atoms with Crippen molar-refractivity contribution in [3.8, 4) is 0 Å². The van der Waals surface area contributed by atoms with Crippen molar-refractivity contribution in [2.24, 2.45) is 5.41 Å². The van der Waals surface area contributed by atoms with Gasteiger partial charge in [0, 0.05) is 47.6 Å². The molecule has 3 saturated heterocycles. The molecule has 6 atom stereocenters. The van der Waals surface area contributed by atoms with Gasteiger partial charge in [0.1, 0.15) is 36.6 Å². The first-order valence-electron chi connectivity index (χ1n) is 21.9. The predicted molar refractivity (Wildman–Crippen MR) is 234 cm³/mol. The van der Waals surface area contributed by atoms with E-state index in [0.29, 0.717) is 29.5 Å². The molecule has 7 rings (SSSR count). The van der Waals surface area contributed by atoms with E-state index in [0.717, 1.165) is 6.08 Å². The lowest BCUT2D eigenvalue weighted by atomic mass is 9.90. The van der Waals surface area contributed by atoms with Crippen molar-refractivity contribution >= 4 is 41.8 Å². The molecule has 0 aromatic heterocycles. The van der Waals surface area contributed by atoms with Crippen LogP contribution in [0.3, 0.4) is 0 Å². The number of fused-ring (bicyclic) bond motifs is 1. The Hall–Kier alpha value is -6.16. The number of benzene rings is 3. The zero-order valence-corrected chi connectivity index (χ0v) is 37.2. The number of rotatable bonds is 14. The monoisotopic (exact) mass is 892 g/mol. The summed E-state index contributed by atoms with van der Waals surface area (Å²) < 4.78 is 35.8. The van der Waals surface area contributed by atoms with Gasteiger partial charge in [-0.3, -0.25) is 14.4 Å². The van der Waals surface area contributed by atoms with Crippen LogP contribution in [0, 0.1) is 5.41 Å². The number of ether oxygens (including phenoxy) is 6. The van der Waals surface area contributed by atoms with E-state index in [2.05, 4.69) is 5.32 Å². The quantitative estimate of drug-likeness (QED) is 0.120. The Kier molecular flexibility index (Phi) is 14.1. The van der Waals surface area contributed by atoms with Crippen LogP contribution in [0.2, 0.25) is 0 Å². The van der Waals surface area contributed by atoms with Crippen molar-refractivity contribution in [3.05, 3.63) is 125 Å². The van der Waals surface area contributed by atoms with Crippen LogP contribution in [0.5, 0.6) is 0 Å². The van der Waals surface area contributed by atoms with E-state index >= 15 is 0 Å². The third kappa shape index (κ3) is 10.9. The number of hydrogen-bond acceptors (Lipinski definition) is 13. The summed E-state index contributed by atoms with van der Waals surface area (Å²) in [6.45, 7) is 8.79. The van der Waals surface area contributed by atoms with Crippen molar-refractivity contribution < 1.29 is 62.3 Å². The number of carbonyl (C=O) groups is 6. The number of esters is 4. The molecule has 0 radical (unpaired) electrons. The Labute approximate surface area is 378 Å². The molecule has 3 aromatic carbocycles. The van der Waals surface area contributed by atoms with Crippen LogP contribution in [-0.4, -0.2) is 108 Å². The highest BCUT2D eigenvalue weighted by Crippen LogP contribution is 2.47. The smallest absolute Gasteiger partial charge is 0.348 e. The van der Waals surface area contributed by atoms with Crippen molar-refractivity contribution in [2.45, 2.75) is 115 Å². The van der Waals surface area contributed by atoms with E-state index in [-0.39, 0.29) is 43.6 Å². The highest BCUT2D eigenvalue weighted by atomic mass is 16.8. The van der Waals surface area contributed by atoms with Gasteiger partial charge in [-0.2, -0.15) is 0 Å². The maximum absolute atomic E-state index is 14.6. The van der Waals surface area contributed by atoms with Crippen LogP contribution >= 0.6 is 0 Å². The van der Waals surface area contributed by atoms with Crippen molar-refractivity contribution in [1.82, 2.24) is 10.2 Å². The topological polar surface area (TPSA) is 193 Å². The van der Waals surface area contributed by atoms with Crippen LogP contribution < -0.4 is 5.32 Å². The van der Waals surface area contributed by atoms with Crippen LogP contribution in [0.25, 0.3) is 6.08 Å². The lowest BCUT2D eigenvalue weighted by Gasteiger charge is -2.33. The molecule has 15 nitrogen and oxygen atoms in total. The number of nitrogens with zero attached hydrogens (tertiary/aromatic N) is 1. The van der Waals surface area contributed by atoms with Crippen LogP contribution in [-0.2, 0) is 58.2 Å². The van der Waals surface area contributed by atoms with Gasteiger partial charge in [0.2, 0.25) is 23.7 Å². The SMILES string of the molecule is CC(C)(C)OC(=O)CCC(CO)NC(=O)C1CCCN1C(=O)C1=CC2OC(c3ccccc3)(c3ccccc3)OC2C(OC(=O)c2cccc(C=CC(=O)OC3C(=O)OCC3(C)C)c2)C1. The Morgan fingerprint density at radius 3 is 2.26 bits per heavy atom. The second-order valence-electron chi connectivity index (χ2n) is 18.4. The Balaban J connectivity index is 1.12. The number of hydrogen-bond donors (Lipinski definition) is 2.